The van der Waals surface area contributed by atoms with Gasteiger partial charge < -0.3 is 30.0 Å². The van der Waals surface area contributed by atoms with Gasteiger partial charge in [0.15, 0.2) is 0 Å². The van der Waals surface area contributed by atoms with Crippen LogP contribution in [0.3, 0.4) is 0 Å². The maximum absolute atomic E-state index is 13.5. The standard InChI is InChI=1S/C39H46N2O7Si.ClH/c1-45-37(42)34(40)23-30-16-11-17-31(22-30)32-18-19-36(47-26-28-12-7-5-8-13-28)33(24-32)25-35(38(43)46-20-21-49(2,3)4)41-39(44)48-27-29-14-9-6-10-15-29;/h5-19,22,24,34-35H,20-21,23,25-27,40H2,1-4H3,(H,41,44);1H/t34-,35-;/m0./s1. The lowest BCUT2D eigenvalue weighted by molar-refractivity contribution is -0.145. The number of hydrogen-bond acceptors (Lipinski definition) is 8. The van der Waals surface area contributed by atoms with Gasteiger partial charge in [0.2, 0.25) is 0 Å². The molecule has 4 aromatic rings. The molecule has 9 nitrogen and oxygen atoms in total. The summed E-state index contributed by atoms with van der Waals surface area (Å²) in [6.45, 7) is 7.25. The summed E-state index contributed by atoms with van der Waals surface area (Å²) < 4.78 is 22.3. The molecule has 266 valence electrons. The number of benzene rings is 4. The zero-order chi connectivity index (χ0) is 35.2. The van der Waals surface area contributed by atoms with Crippen LogP contribution in [0.4, 0.5) is 4.79 Å². The molecular formula is C39H47ClN2O7Si. The van der Waals surface area contributed by atoms with Crippen molar-refractivity contribution in [3.63, 3.8) is 0 Å². The van der Waals surface area contributed by atoms with Gasteiger partial charge in [0.25, 0.3) is 0 Å². The molecule has 1 amide bonds. The minimum Gasteiger partial charge on any atom is -0.489 e. The maximum Gasteiger partial charge on any atom is 0.408 e. The number of halogens is 1. The number of amides is 1. The van der Waals surface area contributed by atoms with Crippen LogP contribution >= 0.6 is 12.4 Å². The molecule has 2 atom stereocenters. The van der Waals surface area contributed by atoms with E-state index in [1.807, 2.05) is 103 Å². The highest BCUT2D eigenvalue weighted by Gasteiger charge is 2.26. The first-order chi connectivity index (χ1) is 23.5. The van der Waals surface area contributed by atoms with Gasteiger partial charge in [-0.25, -0.2) is 9.59 Å². The average molecular weight is 719 g/mol. The van der Waals surface area contributed by atoms with Crippen LogP contribution in [-0.4, -0.2) is 51.9 Å². The summed E-state index contributed by atoms with van der Waals surface area (Å²) in [7, 11) is -0.164. The summed E-state index contributed by atoms with van der Waals surface area (Å²) in [5.41, 5.74) is 11.1. The Morgan fingerprint density at radius 2 is 1.34 bits per heavy atom. The molecule has 0 heterocycles. The first-order valence-corrected chi connectivity index (χ1v) is 20.1. The topological polar surface area (TPSA) is 126 Å². The van der Waals surface area contributed by atoms with Crippen LogP contribution in [0.5, 0.6) is 5.75 Å². The molecule has 0 fully saturated rings. The second kappa shape index (κ2) is 19.5. The summed E-state index contributed by atoms with van der Waals surface area (Å²) >= 11 is 0. The van der Waals surface area contributed by atoms with Crippen LogP contribution in [-0.2, 0) is 49.9 Å². The van der Waals surface area contributed by atoms with Gasteiger partial charge in [0, 0.05) is 14.5 Å². The molecule has 11 heteroatoms. The third-order valence-corrected chi connectivity index (χ3v) is 9.53. The summed E-state index contributed by atoms with van der Waals surface area (Å²) in [6.07, 6.45) is -0.322. The van der Waals surface area contributed by atoms with Crippen molar-refractivity contribution in [2.24, 2.45) is 5.73 Å². The predicted octanol–water partition coefficient (Wildman–Crippen LogP) is 7.12. The van der Waals surface area contributed by atoms with Crippen LogP contribution in [0.2, 0.25) is 25.7 Å². The third-order valence-electron chi connectivity index (χ3n) is 7.83. The van der Waals surface area contributed by atoms with E-state index in [1.54, 1.807) is 0 Å². The fraction of sp³-hybridized carbons (Fsp3) is 0.308. The molecule has 0 aliphatic carbocycles. The van der Waals surface area contributed by atoms with Gasteiger partial charge in [-0.05, 0) is 58.0 Å². The van der Waals surface area contributed by atoms with Crippen LogP contribution in [0.15, 0.2) is 103 Å². The number of carbonyl (C=O) groups excluding carboxylic acids is 3. The van der Waals surface area contributed by atoms with Crippen molar-refractivity contribution in [3.8, 4) is 16.9 Å². The molecule has 0 spiro atoms. The number of esters is 2. The summed E-state index contributed by atoms with van der Waals surface area (Å²) in [6, 6.07) is 31.5. The van der Waals surface area contributed by atoms with E-state index < -0.39 is 38.2 Å². The van der Waals surface area contributed by atoms with Crippen molar-refractivity contribution < 1.29 is 33.3 Å². The lowest BCUT2D eigenvalue weighted by atomic mass is 9.96. The predicted molar refractivity (Wildman–Crippen MR) is 200 cm³/mol. The van der Waals surface area contributed by atoms with E-state index in [1.165, 1.54) is 7.11 Å². The highest BCUT2D eigenvalue weighted by molar-refractivity contribution is 6.76. The number of rotatable bonds is 16. The van der Waals surface area contributed by atoms with Crippen LogP contribution < -0.4 is 15.8 Å². The number of ether oxygens (including phenoxy) is 4. The number of methoxy groups -OCH3 is 1. The number of carbonyl (C=O) groups is 3. The quantitative estimate of drug-likeness (QED) is 0.0713. The summed E-state index contributed by atoms with van der Waals surface area (Å²) in [5.74, 6) is -0.464. The van der Waals surface area contributed by atoms with E-state index in [0.29, 0.717) is 24.3 Å². The lowest BCUT2D eigenvalue weighted by Gasteiger charge is -2.21. The SMILES string of the molecule is COC(=O)[C@@H](N)Cc1cccc(-c2ccc(OCc3ccccc3)c(C[C@H](NC(=O)OCc3ccccc3)C(=O)OCC[Si](C)(C)C)c2)c1.Cl. The number of alkyl carbamates (subject to hydrolysis) is 1. The number of nitrogens with one attached hydrogen (secondary N) is 1. The largest absolute Gasteiger partial charge is 0.489 e. The molecule has 0 saturated carbocycles. The first kappa shape index (κ1) is 39.8. The minimum atomic E-state index is -1.48. The second-order valence-corrected chi connectivity index (χ2v) is 18.7. The minimum absolute atomic E-state index is 0. The highest BCUT2D eigenvalue weighted by atomic mass is 35.5. The van der Waals surface area contributed by atoms with E-state index in [9.17, 15) is 14.4 Å². The second-order valence-electron chi connectivity index (χ2n) is 13.1. The summed E-state index contributed by atoms with van der Waals surface area (Å²) in [5, 5.41) is 2.75. The normalized spacial score (nSPS) is 12.1. The lowest BCUT2D eigenvalue weighted by Crippen LogP contribution is -2.44. The molecular weight excluding hydrogens is 672 g/mol. The van der Waals surface area contributed by atoms with Crippen LogP contribution in [0, 0.1) is 0 Å². The van der Waals surface area contributed by atoms with E-state index in [2.05, 4.69) is 25.0 Å². The van der Waals surface area contributed by atoms with E-state index in [-0.39, 0.29) is 32.0 Å². The zero-order valence-corrected chi connectivity index (χ0v) is 30.9. The Hall–Kier alpha value is -4.64. The first-order valence-electron chi connectivity index (χ1n) is 16.4. The Bertz CT molecular complexity index is 1680. The highest BCUT2D eigenvalue weighted by Crippen LogP contribution is 2.30. The Labute approximate surface area is 301 Å². The zero-order valence-electron chi connectivity index (χ0n) is 29.1. The van der Waals surface area contributed by atoms with Crippen molar-refractivity contribution in [1.29, 1.82) is 0 Å². The monoisotopic (exact) mass is 718 g/mol. The molecule has 0 aromatic heterocycles. The Morgan fingerprint density at radius 3 is 1.98 bits per heavy atom. The molecule has 3 N–H and O–H groups in total. The Kier molecular flexibility index (Phi) is 15.5. The molecule has 0 saturated heterocycles. The molecule has 0 aliphatic heterocycles. The van der Waals surface area contributed by atoms with Gasteiger partial charge in [0.05, 0.1) is 13.7 Å². The molecule has 0 bridgehead atoms. The van der Waals surface area contributed by atoms with Gasteiger partial charge >= 0.3 is 18.0 Å². The molecule has 0 radical (unpaired) electrons. The molecule has 0 unspecified atom stereocenters. The molecule has 0 aliphatic rings. The van der Waals surface area contributed by atoms with E-state index in [4.69, 9.17) is 24.7 Å². The van der Waals surface area contributed by atoms with Crippen LogP contribution in [0.1, 0.15) is 22.3 Å². The average Bonchev–Trinajstić information content (AvgIpc) is 3.09. The molecule has 4 aromatic carbocycles. The summed E-state index contributed by atoms with van der Waals surface area (Å²) in [4.78, 5) is 38.5. The fourth-order valence-electron chi connectivity index (χ4n) is 5.04. The molecule has 50 heavy (non-hydrogen) atoms. The maximum atomic E-state index is 13.5. The Morgan fingerprint density at radius 1 is 0.720 bits per heavy atom. The smallest absolute Gasteiger partial charge is 0.408 e. The van der Waals surface area contributed by atoms with Crippen LogP contribution in [0.25, 0.3) is 11.1 Å². The van der Waals surface area contributed by atoms with Gasteiger partial charge in [0.1, 0.15) is 31.0 Å². The van der Waals surface area contributed by atoms with Crippen molar-refractivity contribution in [3.05, 3.63) is 125 Å². The number of hydrogen-bond donors (Lipinski definition) is 2. The van der Waals surface area contributed by atoms with Gasteiger partial charge in [-0.2, -0.15) is 0 Å². The van der Waals surface area contributed by atoms with Crippen molar-refractivity contribution in [2.45, 2.75) is 63.8 Å². The van der Waals surface area contributed by atoms with E-state index >= 15 is 0 Å². The fourth-order valence-corrected chi connectivity index (χ4v) is 5.75. The van der Waals surface area contributed by atoms with Crippen molar-refractivity contribution in [2.75, 3.05) is 13.7 Å². The van der Waals surface area contributed by atoms with Gasteiger partial charge in [-0.3, -0.25) is 4.79 Å². The van der Waals surface area contributed by atoms with E-state index in [0.717, 1.165) is 33.9 Å². The van der Waals surface area contributed by atoms with Crippen molar-refractivity contribution >= 4 is 38.5 Å². The van der Waals surface area contributed by atoms with Crippen molar-refractivity contribution in [1.82, 2.24) is 5.32 Å². The Balaban J connectivity index is 0.00000676. The van der Waals surface area contributed by atoms with Gasteiger partial charge in [-0.1, -0.05) is 111 Å². The number of nitrogens with two attached hydrogens (primary N) is 1. The van der Waals surface area contributed by atoms with Gasteiger partial charge in [-0.15, -0.1) is 12.4 Å². The third kappa shape index (κ3) is 13.0. The molecule has 4 rings (SSSR count).